The molecule has 0 aromatic carbocycles. The molecule has 0 radical (unpaired) electrons. The first-order chi connectivity index (χ1) is 4.75. The number of rotatable bonds is 1. The first kappa shape index (κ1) is 7.27. The predicted octanol–water partition coefficient (Wildman–Crippen LogP) is 0.541. The van der Waals surface area contributed by atoms with Crippen molar-refractivity contribution in [3.63, 3.8) is 0 Å². The zero-order valence-corrected chi connectivity index (χ0v) is 6.81. The van der Waals surface area contributed by atoms with Gasteiger partial charge >= 0.3 is 5.56 Å². The van der Waals surface area contributed by atoms with Gasteiger partial charge in [0.05, 0.1) is 17.8 Å². The fourth-order valence-electron chi connectivity index (χ4n) is 0.556. The van der Waals surface area contributed by atoms with Crippen LogP contribution in [0.25, 0.3) is 0 Å². The van der Waals surface area contributed by atoms with E-state index in [-0.39, 0.29) is 11.3 Å². The van der Waals surface area contributed by atoms with E-state index in [9.17, 15) is 4.79 Å². The van der Waals surface area contributed by atoms with Crippen molar-refractivity contribution in [3.8, 4) is 5.75 Å². The van der Waals surface area contributed by atoms with E-state index in [4.69, 9.17) is 4.74 Å². The number of halogens is 1. The standard InChI is InChI=1S/C5H5BrN2O2/c1-10-4-3(6)2-7-8-5(4)9/h2H,1H3,(H,8,9). The van der Waals surface area contributed by atoms with Gasteiger partial charge in [0, 0.05) is 0 Å². The predicted molar refractivity (Wildman–Crippen MR) is 39.1 cm³/mol. The van der Waals surface area contributed by atoms with Gasteiger partial charge in [-0.3, -0.25) is 4.79 Å². The summed E-state index contributed by atoms with van der Waals surface area (Å²) < 4.78 is 5.30. The number of ether oxygens (including phenoxy) is 1. The molecular weight excluding hydrogens is 200 g/mol. The van der Waals surface area contributed by atoms with Gasteiger partial charge in [-0.25, -0.2) is 5.10 Å². The molecule has 0 saturated heterocycles. The third-order valence-electron chi connectivity index (χ3n) is 0.971. The SMILES string of the molecule is COc1c(Br)cn[nH]c1=O. The van der Waals surface area contributed by atoms with E-state index in [0.29, 0.717) is 4.47 Å². The van der Waals surface area contributed by atoms with Crippen LogP contribution in [-0.4, -0.2) is 17.3 Å². The van der Waals surface area contributed by atoms with Crippen molar-refractivity contribution in [1.29, 1.82) is 0 Å². The molecule has 0 aliphatic carbocycles. The molecule has 5 heteroatoms. The Hall–Kier alpha value is -0.840. The molecule has 1 rings (SSSR count). The van der Waals surface area contributed by atoms with Gasteiger partial charge in [-0.15, -0.1) is 0 Å². The zero-order chi connectivity index (χ0) is 7.56. The molecule has 0 amide bonds. The molecule has 0 atom stereocenters. The van der Waals surface area contributed by atoms with Crippen molar-refractivity contribution in [2.24, 2.45) is 0 Å². The summed E-state index contributed by atoms with van der Waals surface area (Å²) >= 11 is 3.10. The normalized spacial score (nSPS) is 9.40. The Morgan fingerprint density at radius 2 is 2.50 bits per heavy atom. The van der Waals surface area contributed by atoms with Crippen LogP contribution in [0.3, 0.4) is 0 Å². The Kier molecular flexibility index (Phi) is 2.06. The molecule has 0 saturated carbocycles. The zero-order valence-electron chi connectivity index (χ0n) is 5.22. The van der Waals surface area contributed by atoms with Crippen LogP contribution in [-0.2, 0) is 0 Å². The average molecular weight is 205 g/mol. The molecule has 54 valence electrons. The molecule has 0 aliphatic heterocycles. The molecule has 1 aromatic rings. The van der Waals surface area contributed by atoms with Crippen LogP contribution >= 0.6 is 15.9 Å². The number of H-pyrrole nitrogens is 1. The van der Waals surface area contributed by atoms with Crippen molar-refractivity contribution in [3.05, 3.63) is 21.0 Å². The molecule has 1 aromatic heterocycles. The van der Waals surface area contributed by atoms with Crippen LogP contribution in [0.4, 0.5) is 0 Å². The van der Waals surface area contributed by atoms with Crippen molar-refractivity contribution in [1.82, 2.24) is 10.2 Å². The van der Waals surface area contributed by atoms with E-state index in [1.54, 1.807) is 0 Å². The molecule has 1 N–H and O–H groups in total. The second kappa shape index (κ2) is 2.83. The Labute approximate surface area is 65.3 Å². The maximum absolute atomic E-state index is 10.8. The highest BCUT2D eigenvalue weighted by Gasteiger charge is 2.02. The molecule has 0 aliphatic rings. The van der Waals surface area contributed by atoms with Crippen molar-refractivity contribution in [2.75, 3.05) is 7.11 Å². The van der Waals surface area contributed by atoms with Crippen LogP contribution in [0.15, 0.2) is 15.5 Å². The molecule has 0 unspecified atom stereocenters. The molecule has 0 fully saturated rings. The molecule has 10 heavy (non-hydrogen) atoms. The van der Waals surface area contributed by atoms with Crippen LogP contribution in [0.2, 0.25) is 0 Å². The molecular formula is C5H5BrN2O2. The molecule has 0 bridgehead atoms. The van der Waals surface area contributed by atoms with Crippen LogP contribution in [0, 0.1) is 0 Å². The number of hydrogen-bond acceptors (Lipinski definition) is 3. The number of nitrogens with one attached hydrogen (secondary N) is 1. The smallest absolute Gasteiger partial charge is 0.307 e. The van der Waals surface area contributed by atoms with E-state index < -0.39 is 0 Å². The summed E-state index contributed by atoms with van der Waals surface area (Å²) in [5, 5.41) is 5.76. The summed E-state index contributed by atoms with van der Waals surface area (Å²) in [6.45, 7) is 0. The number of methoxy groups -OCH3 is 1. The lowest BCUT2D eigenvalue weighted by molar-refractivity contribution is 0.403. The van der Waals surface area contributed by atoms with Crippen LogP contribution < -0.4 is 10.3 Å². The molecule has 4 nitrogen and oxygen atoms in total. The van der Waals surface area contributed by atoms with Crippen LogP contribution in [0.1, 0.15) is 0 Å². The van der Waals surface area contributed by atoms with E-state index >= 15 is 0 Å². The highest BCUT2D eigenvalue weighted by atomic mass is 79.9. The maximum atomic E-state index is 10.8. The summed E-state index contributed by atoms with van der Waals surface area (Å²) in [5.41, 5.74) is -0.336. The van der Waals surface area contributed by atoms with E-state index in [1.807, 2.05) is 0 Å². The summed E-state index contributed by atoms with van der Waals surface area (Å²) in [5.74, 6) is 0.245. The largest absolute Gasteiger partial charge is 0.490 e. The minimum Gasteiger partial charge on any atom is -0.490 e. The van der Waals surface area contributed by atoms with Gasteiger partial charge in [-0.2, -0.15) is 5.10 Å². The monoisotopic (exact) mass is 204 g/mol. The third-order valence-corrected chi connectivity index (χ3v) is 1.54. The quantitative estimate of drug-likeness (QED) is 0.727. The fourth-order valence-corrected chi connectivity index (χ4v) is 1.000. The number of aromatic amines is 1. The molecule has 1 heterocycles. The summed E-state index contributed by atoms with van der Waals surface area (Å²) in [6.07, 6.45) is 1.46. The average Bonchev–Trinajstić information content (AvgIpc) is 1.88. The summed E-state index contributed by atoms with van der Waals surface area (Å²) in [4.78, 5) is 10.8. The van der Waals surface area contributed by atoms with Crippen molar-refractivity contribution >= 4 is 15.9 Å². The highest BCUT2D eigenvalue weighted by Crippen LogP contribution is 2.16. The lowest BCUT2D eigenvalue weighted by Gasteiger charge is -1.97. The van der Waals surface area contributed by atoms with Crippen LogP contribution in [0.5, 0.6) is 5.75 Å². The second-order valence-electron chi connectivity index (χ2n) is 1.58. The first-order valence-electron chi connectivity index (χ1n) is 2.53. The second-order valence-corrected chi connectivity index (χ2v) is 2.43. The topological polar surface area (TPSA) is 55.0 Å². The molecule has 0 spiro atoms. The van der Waals surface area contributed by atoms with E-state index in [1.165, 1.54) is 13.3 Å². The Morgan fingerprint density at radius 1 is 1.80 bits per heavy atom. The first-order valence-corrected chi connectivity index (χ1v) is 3.32. The number of nitrogens with zero attached hydrogens (tertiary/aromatic N) is 1. The van der Waals surface area contributed by atoms with E-state index in [0.717, 1.165) is 0 Å². The highest BCUT2D eigenvalue weighted by molar-refractivity contribution is 9.10. The van der Waals surface area contributed by atoms with Gasteiger partial charge in [-0.1, -0.05) is 0 Å². The fraction of sp³-hybridized carbons (Fsp3) is 0.200. The summed E-state index contributed by atoms with van der Waals surface area (Å²) in [7, 11) is 1.43. The Bertz CT molecular complexity index is 283. The van der Waals surface area contributed by atoms with Crippen molar-refractivity contribution < 1.29 is 4.74 Å². The van der Waals surface area contributed by atoms with E-state index in [2.05, 4.69) is 26.1 Å². The Balaban J connectivity index is 3.31. The lowest BCUT2D eigenvalue weighted by Crippen LogP contribution is -2.10. The van der Waals surface area contributed by atoms with Crippen molar-refractivity contribution in [2.45, 2.75) is 0 Å². The van der Waals surface area contributed by atoms with Gasteiger partial charge in [0.25, 0.3) is 0 Å². The minimum atomic E-state index is -0.336. The summed E-state index contributed by atoms with van der Waals surface area (Å²) in [6, 6.07) is 0. The Morgan fingerprint density at radius 3 is 2.90 bits per heavy atom. The van der Waals surface area contributed by atoms with Gasteiger partial charge in [0.2, 0.25) is 5.75 Å². The number of aromatic nitrogens is 2. The minimum absolute atomic E-state index is 0.245. The number of hydrogen-bond donors (Lipinski definition) is 1. The third kappa shape index (κ3) is 1.18. The van der Waals surface area contributed by atoms with Gasteiger partial charge < -0.3 is 4.74 Å². The van der Waals surface area contributed by atoms with Gasteiger partial charge in [0.15, 0.2) is 0 Å². The van der Waals surface area contributed by atoms with Gasteiger partial charge in [-0.05, 0) is 15.9 Å². The lowest BCUT2D eigenvalue weighted by atomic mass is 10.5. The van der Waals surface area contributed by atoms with Gasteiger partial charge in [0.1, 0.15) is 0 Å². The maximum Gasteiger partial charge on any atom is 0.307 e.